The van der Waals surface area contributed by atoms with Crippen LogP contribution in [-0.4, -0.2) is 40.5 Å². The van der Waals surface area contributed by atoms with Gasteiger partial charge in [-0.05, 0) is 24.3 Å². The van der Waals surface area contributed by atoms with E-state index in [0.29, 0.717) is 0 Å². The molecule has 0 saturated carbocycles. The van der Waals surface area contributed by atoms with Gasteiger partial charge in [0.15, 0.2) is 11.5 Å². The highest BCUT2D eigenvalue weighted by Gasteiger charge is 2.20. The SMILES string of the molecule is Brc1ccc(N2CCN(c3nccn4ccnc34)CC2)cc1. The lowest BCUT2D eigenvalue weighted by atomic mass is 10.2. The van der Waals surface area contributed by atoms with Crippen LogP contribution in [0.2, 0.25) is 0 Å². The molecule has 0 aliphatic carbocycles. The van der Waals surface area contributed by atoms with Crippen molar-refractivity contribution in [3.63, 3.8) is 0 Å². The molecule has 5 nitrogen and oxygen atoms in total. The van der Waals surface area contributed by atoms with Crippen LogP contribution < -0.4 is 9.80 Å². The Labute approximate surface area is 137 Å². The molecule has 4 rings (SSSR count). The number of benzene rings is 1. The second kappa shape index (κ2) is 5.61. The van der Waals surface area contributed by atoms with E-state index >= 15 is 0 Å². The fourth-order valence-electron chi connectivity index (χ4n) is 2.89. The van der Waals surface area contributed by atoms with Gasteiger partial charge in [-0.2, -0.15) is 0 Å². The Kier molecular flexibility index (Phi) is 3.46. The molecule has 1 fully saturated rings. The zero-order valence-electron chi connectivity index (χ0n) is 12.1. The molecule has 0 atom stereocenters. The lowest BCUT2D eigenvalue weighted by Gasteiger charge is -2.36. The number of rotatable bonds is 2. The van der Waals surface area contributed by atoms with Crippen molar-refractivity contribution in [2.24, 2.45) is 0 Å². The van der Waals surface area contributed by atoms with E-state index in [1.54, 1.807) is 0 Å². The first kappa shape index (κ1) is 13.6. The average molecular weight is 358 g/mol. The molecule has 1 aliphatic heterocycles. The molecule has 2 aromatic heterocycles. The monoisotopic (exact) mass is 357 g/mol. The maximum absolute atomic E-state index is 4.53. The summed E-state index contributed by atoms with van der Waals surface area (Å²) < 4.78 is 3.13. The van der Waals surface area contributed by atoms with Crippen molar-refractivity contribution in [3.05, 3.63) is 53.5 Å². The molecule has 3 heterocycles. The van der Waals surface area contributed by atoms with Crippen LogP contribution in [0.15, 0.2) is 53.5 Å². The average Bonchev–Trinajstić information content (AvgIpc) is 3.04. The highest BCUT2D eigenvalue weighted by atomic mass is 79.9. The zero-order chi connectivity index (χ0) is 14.9. The van der Waals surface area contributed by atoms with Gasteiger partial charge in [-0.1, -0.05) is 15.9 Å². The number of hydrogen-bond acceptors (Lipinski definition) is 4. The minimum atomic E-state index is 0.930. The van der Waals surface area contributed by atoms with Gasteiger partial charge in [0.2, 0.25) is 0 Å². The lowest BCUT2D eigenvalue weighted by molar-refractivity contribution is 0.647. The van der Waals surface area contributed by atoms with Crippen molar-refractivity contribution >= 4 is 33.1 Å². The van der Waals surface area contributed by atoms with Crippen molar-refractivity contribution in [3.8, 4) is 0 Å². The smallest absolute Gasteiger partial charge is 0.180 e. The predicted molar refractivity (Wildman–Crippen MR) is 91.6 cm³/mol. The maximum atomic E-state index is 4.53. The number of imidazole rings is 1. The third-order valence-electron chi connectivity index (χ3n) is 4.06. The summed E-state index contributed by atoms with van der Waals surface area (Å²) in [6, 6.07) is 8.50. The molecule has 0 spiro atoms. The van der Waals surface area contributed by atoms with Crippen LogP contribution in [0.25, 0.3) is 5.65 Å². The van der Waals surface area contributed by atoms with E-state index in [2.05, 4.69) is 60.0 Å². The van der Waals surface area contributed by atoms with Gasteiger partial charge < -0.3 is 14.2 Å². The van der Waals surface area contributed by atoms with Gasteiger partial charge in [-0.25, -0.2) is 9.97 Å². The van der Waals surface area contributed by atoms with Gasteiger partial charge in [0.1, 0.15) is 0 Å². The molecule has 112 valence electrons. The molecule has 1 aromatic carbocycles. The Bertz CT molecular complexity index is 775. The van der Waals surface area contributed by atoms with Gasteiger partial charge in [0, 0.05) is 61.1 Å². The summed E-state index contributed by atoms with van der Waals surface area (Å²) in [5.41, 5.74) is 2.20. The summed E-state index contributed by atoms with van der Waals surface area (Å²) in [5, 5.41) is 0. The Balaban J connectivity index is 1.52. The van der Waals surface area contributed by atoms with Crippen LogP contribution in [0, 0.1) is 0 Å². The summed E-state index contributed by atoms with van der Waals surface area (Å²) in [4.78, 5) is 13.7. The van der Waals surface area contributed by atoms with Gasteiger partial charge in [0.05, 0.1) is 0 Å². The minimum absolute atomic E-state index is 0.930. The first-order valence-electron chi connectivity index (χ1n) is 7.34. The number of fused-ring (bicyclic) bond motifs is 1. The van der Waals surface area contributed by atoms with Crippen molar-refractivity contribution in [2.45, 2.75) is 0 Å². The number of aromatic nitrogens is 3. The molecule has 3 aromatic rings. The predicted octanol–water partition coefficient (Wildman–Crippen LogP) is 2.82. The van der Waals surface area contributed by atoms with Crippen molar-refractivity contribution in [2.75, 3.05) is 36.0 Å². The topological polar surface area (TPSA) is 36.7 Å². The molecule has 6 heteroatoms. The maximum Gasteiger partial charge on any atom is 0.180 e. The van der Waals surface area contributed by atoms with Crippen LogP contribution in [0.5, 0.6) is 0 Å². The van der Waals surface area contributed by atoms with Gasteiger partial charge >= 0.3 is 0 Å². The van der Waals surface area contributed by atoms with E-state index in [4.69, 9.17) is 0 Å². The lowest BCUT2D eigenvalue weighted by Crippen LogP contribution is -2.47. The summed E-state index contributed by atoms with van der Waals surface area (Å²) in [7, 11) is 0. The number of piperazine rings is 1. The van der Waals surface area contributed by atoms with E-state index in [-0.39, 0.29) is 0 Å². The number of hydrogen-bond donors (Lipinski definition) is 0. The van der Waals surface area contributed by atoms with Crippen LogP contribution in [-0.2, 0) is 0 Å². The standard InChI is InChI=1S/C16H16BrN5/c17-13-1-3-14(4-2-13)20-9-11-22(12-10-20)16-15-18-5-7-21(15)8-6-19-16/h1-8H,9-12H2. The zero-order valence-corrected chi connectivity index (χ0v) is 13.6. The Morgan fingerprint density at radius 2 is 1.45 bits per heavy atom. The van der Waals surface area contributed by atoms with Crippen molar-refractivity contribution < 1.29 is 0 Å². The molecule has 0 bridgehead atoms. The van der Waals surface area contributed by atoms with Gasteiger partial charge in [0.25, 0.3) is 0 Å². The molecular formula is C16H16BrN5. The van der Waals surface area contributed by atoms with Crippen LogP contribution in [0.1, 0.15) is 0 Å². The molecule has 0 radical (unpaired) electrons. The molecule has 0 amide bonds. The number of halogens is 1. The number of anilines is 2. The highest BCUT2D eigenvalue weighted by Crippen LogP contribution is 2.23. The quantitative estimate of drug-likeness (QED) is 0.706. The van der Waals surface area contributed by atoms with Crippen molar-refractivity contribution in [1.82, 2.24) is 14.4 Å². The fraction of sp³-hybridized carbons (Fsp3) is 0.250. The van der Waals surface area contributed by atoms with Crippen molar-refractivity contribution in [1.29, 1.82) is 0 Å². The van der Waals surface area contributed by atoms with Crippen LogP contribution in [0.3, 0.4) is 0 Å². The Morgan fingerprint density at radius 1 is 0.818 bits per heavy atom. The molecule has 22 heavy (non-hydrogen) atoms. The van der Waals surface area contributed by atoms with Gasteiger partial charge in [-0.3, -0.25) is 0 Å². The molecular weight excluding hydrogens is 342 g/mol. The number of nitrogens with zero attached hydrogens (tertiary/aromatic N) is 5. The minimum Gasteiger partial charge on any atom is -0.368 e. The van der Waals surface area contributed by atoms with Crippen LogP contribution in [0.4, 0.5) is 11.5 Å². The first-order valence-corrected chi connectivity index (χ1v) is 8.14. The highest BCUT2D eigenvalue weighted by molar-refractivity contribution is 9.10. The van der Waals surface area contributed by atoms with E-state index in [1.807, 2.05) is 29.2 Å². The molecule has 0 unspecified atom stereocenters. The molecule has 0 N–H and O–H groups in total. The Morgan fingerprint density at radius 3 is 2.18 bits per heavy atom. The molecule has 1 saturated heterocycles. The summed E-state index contributed by atoms with van der Waals surface area (Å²) >= 11 is 3.48. The summed E-state index contributed by atoms with van der Waals surface area (Å²) in [6.07, 6.45) is 7.55. The van der Waals surface area contributed by atoms with E-state index in [1.165, 1.54) is 5.69 Å². The second-order valence-electron chi connectivity index (χ2n) is 5.36. The van der Waals surface area contributed by atoms with E-state index in [9.17, 15) is 0 Å². The third-order valence-corrected chi connectivity index (χ3v) is 4.59. The van der Waals surface area contributed by atoms with E-state index < -0.39 is 0 Å². The summed E-state index contributed by atoms with van der Waals surface area (Å²) in [5.74, 6) is 0.975. The second-order valence-corrected chi connectivity index (χ2v) is 6.28. The Hall–Kier alpha value is -2.08. The first-order chi connectivity index (χ1) is 10.8. The largest absolute Gasteiger partial charge is 0.368 e. The summed E-state index contributed by atoms with van der Waals surface area (Å²) in [6.45, 7) is 3.89. The third kappa shape index (κ3) is 2.43. The fourth-order valence-corrected chi connectivity index (χ4v) is 3.16. The molecule has 1 aliphatic rings. The normalized spacial score (nSPS) is 15.5. The van der Waals surface area contributed by atoms with Gasteiger partial charge in [-0.15, -0.1) is 0 Å². The van der Waals surface area contributed by atoms with Crippen LogP contribution >= 0.6 is 15.9 Å². The van der Waals surface area contributed by atoms with E-state index in [0.717, 1.165) is 42.1 Å².